The Morgan fingerprint density at radius 1 is 1.62 bits per heavy atom. The number of hydrogen-bond donors (Lipinski definition) is 1. The maximum Gasteiger partial charge on any atom is 0.0828 e. The quantitative estimate of drug-likeness (QED) is 0.404. The molecule has 48 valence electrons. The lowest BCUT2D eigenvalue weighted by molar-refractivity contribution is 0.348. The summed E-state index contributed by atoms with van der Waals surface area (Å²) in [5, 5.41) is 14.0. The van der Waals surface area contributed by atoms with Gasteiger partial charge >= 0.3 is 0 Å². The van der Waals surface area contributed by atoms with Gasteiger partial charge in [0.2, 0.25) is 0 Å². The van der Waals surface area contributed by atoms with Crippen molar-refractivity contribution in [3.05, 3.63) is 0 Å². The molecule has 0 aliphatic rings. The second kappa shape index (κ2) is 3.43. The minimum Gasteiger partial charge on any atom is -0.390 e. The number of rotatable bonds is 2. The summed E-state index contributed by atoms with van der Waals surface area (Å²) in [4.78, 5) is 0. The van der Waals surface area contributed by atoms with Gasteiger partial charge in [0, 0.05) is 14.1 Å². The topological polar surface area (TPSA) is 35.8 Å². The van der Waals surface area contributed by atoms with Gasteiger partial charge in [0.15, 0.2) is 0 Å². The first-order chi connectivity index (χ1) is 3.66. The minimum atomic E-state index is 0.0399. The lowest BCUT2D eigenvalue weighted by Crippen LogP contribution is -2.08. The van der Waals surface area contributed by atoms with Crippen LogP contribution in [0.25, 0.3) is 0 Å². The van der Waals surface area contributed by atoms with Crippen molar-refractivity contribution in [3.8, 4) is 0 Å². The Morgan fingerprint density at radius 3 is 2.25 bits per heavy atom. The lowest BCUT2D eigenvalue weighted by Gasteiger charge is -2.03. The van der Waals surface area contributed by atoms with Gasteiger partial charge in [-0.2, -0.15) is 5.10 Å². The molecule has 0 saturated heterocycles. The SMILES string of the molecule is CC(CO)=NN(C)C. The lowest BCUT2D eigenvalue weighted by atomic mass is 10.5. The molecule has 0 bridgehead atoms. The predicted octanol–water partition coefficient (Wildman–Crippen LogP) is -0.0838. The highest BCUT2D eigenvalue weighted by Crippen LogP contribution is 1.77. The Morgan fingerprint density at radius 2 is 2.12 bits per heavy atom. The maximum absolute atomic E-state index is 8.43. The summed E-state index contributed by atoms with van der Waals surface area (Å²) in [6, 6.07) is 0. The van der Waals surface area contributed by atoms with Crippen molar-refractivity contribution in [1.82, 2.24) is 5.01 Å². The van der Waals surface area contributed by atoms with E-state index in [2.05, 4.69) is 5.10 Å². The molecule has 3 nitrogen and oxygen atoms in total. The van der Waals surface area contributed by atoms with Crippen molar-refractivity contribution in [2.24, 2.45) is 5.10 Å². The largest absolute Gasteiger partial charge is 0.390 e. The average molecular weight is 116 g/mol. The van der Waals surface area contributed by atoms with Gasteiger partial charge in [0.1, 0.15) is 0 Å². The molecule has 0 fully saturated rings. The van der Waals surface area contributed by atoms with Gasteiger partial charge in [-0.25, -0.2) is 0 Å². The normalized spacial score (nSPS) is 11.8. The summed E-state index contributed by atoms with van der Waals surface area (Å²) in [6.07, 6.45) is 0. The molecular formula is C5H12N2O. The maximum atomic E-state index is 8.43. The summed E-state index contributed by atoms with van der Waals surface area (Å²) in [5.41, 5.74) is 0.731. The number of aliphatic hydroxyl groups excluding tert-OH is 1. The van der Waals surface area contributed by atoms with E-state index in [9.17, 15) is 0 Å². The van der Waals surface area contributed by atoms with Crippen LogP contribution in [0.15, 0.2) is 5.10 Å². The molecule has 0 amide bonds. The molecule has 0 rings (SSSR count). The second-order valence-corrected chi connectivity index (χ2v) is 1.84. The fourth-order valence-corrected chi connectivity index (χ4v) is 0.373. The van der Waals surface area contributed by atoms with Crippen LogP contribution in [-0.4, -0.2) is 36.5 Å². The fourth-order valence-electron chi connectivity index (χ4n) is 0.373. The van der Waals surface area contributed by atoms with Gasteiger partial charge in [-0.15, -0.1) is 0 Å². The van der Waals surface area contributed by atoms with E-state index in [4.69, 9.17) is 5.11 Å². The van der Waals surface area contributed by atoms with Crippen molar-refractivity contribution < 1.29 is 5.11 Å². The summed E-state index contributed by atoms with van der Waals surface area (Å²) < 4.78 is 0. The molecule has 0 aromatic rings. The second-order valence-electron chi connectivity index (χ2n) is 1.84. The Balaban J connectivity index is 3.56. The van der Waals surface area contributed by atoms with E-state index >= 15 is 0 Å². The molecule has 0 saturated carbocycles. The minimum absolute atomic E-state index is 0.0399. The zero-order valence-corrected chi connectivity index (χ0v) is 5.55. The standard InChI is InChI=1S/C5H12N2O/c1-5(4-8)6-7(2)3/h8H,4H2,1-3H3. The van der Waals surface area contributed by atoms with E-state index in [0.717, 1.165) is 5.71 Å². The first kappa shape index (κ1) is 7.43. The zero-order valence-electron chi connectivity index (χ0n) is 5.55. The van der Waals surface area contributed by atoms with E-state index in [1.54, 1.807) is 11.9 Å². The molecule has 0 unspecified atom stereocenters. The third-order valence-electron chi connectivity index (χ3n) is 0.600. The van der Waals surface area contributed by atoms with E-state index in [0.29, 0.717) is 0 Å². The van der Waals surface area contributed by atoms with Crippen LogP contribution in [0, 0.1) is 0 Å². The van der Waals surface area contributed by atoms with E-state index in [1.807, 2.05) is 14.1 Å². The summed E-state index contributed by atoms with van der Waals surface area (Å²) >= 11 is 0. The smallest absolute Gasteiger partial charge is 0.0828 e. The molecule has 0 radical (unpaired) electrons. The molecule has 1 N–H and O–H groups in total. The highest BCUT2D eigenvalue weighted by molar-refractivity contribution is 5.82. The van der Waals surface area contributed by atoms with Crippen molar-refractivity contribution in [3.63, 3.8) is 0 Å². The van der Waals surface area contributed by atoms with Crippen LogP contribution >= 0.6 is 0 Å². The Hall–Kier alpha value is -0.570. The average Bonchev–Trinajstić information content (AvgIpc) is 1.65. The highest BCUT2D eigenvalue weighted by Gasteiger charge is 1.84. The number of hydrogen-bond acceptors (Lipinski definition) is 3. The first-order valence-corrected chi connectivity index (χ1v) is 2.49. The molecule has 0 aromatic carbocycles. The number of nitrogens with zero attached hydrogens (tertiary/aromatic N) is 2. The molecule has 0 aliphatic heterocycles. The number of hydrazone groups is 1. The summed E-state index contributed by atoms with van der Waals surface area (Å²) in [6.45, 7) is 1.82. The molecular weight excluding hydrogens is 104 g/mol. The molecule has 0 heterocycles. The fraction of sp³-hybridized carbons (Fsp3) is 0.800. The summed E-state index contributed by atoms with van der Waals surface area (Å²) in [5.74, 6) is 0. The van der Waals surface area contributed by atoms with Gasteiger partial charge in [0.25, 0.3) is 0 Å². The summed E-state index contributed by atoms with van der Waals surface area (Å²) in [7, 11) is 3.64. The zero-order chi connectivity index (χ0) is 6.57. The monoisotopic (exact) mass is 116 g/mol. The predicted molar refractivity (Wildman–Crippen MR) is 33.9 cm³/mol. The Kier molecular flexibility index (Phi) is 3.19. The van der Waals surface area contributed by atoms with Gasteiger partial charge < -0.3 is 10.1 Å². The van der Waals surface area contributed by atoms with E-state index in [1.165, 1.54) is 0 Å². The van der Waals surface area contributed by atoms with E-state index in [-0.39, 0.29) is 6.61 Å². The van der Waals surface area contributed by atoms with Crippen LogP contribution in [0.1, 0.15) is 6.92 Å². The molecule has 0 spiro atoms. The third-order valence-corrected chi connectivity index (χ3v) is 0.600. The Bertz CT molecular complexity index is 88.4. The van der Waals surface area contributed by atoms with Crippen molar-refractivity contribution in [2.45, 2.75) is 6.92 Å². The molecule has 8 heavy (non-hydrogen) atoms. The highest BCUT2D eigenvalue weighted by atomic mass is 16.3. The molecule has 3 heteroatoms. The van der Waals surface area contributed by atoms with Crippen LogP contribution in [0.5, 0.6) is 0 Å². The molecule has 0 atom stereocenters. The van der Waals surface area contributed by atoms with Gasteiger partial charge in [-0.05, 0) is 6.92 Å². The third kappa shape index (κ3) is 3.61. The molecule has 0 aliphatic carbocycles. The van der Waals surface area contributed by atoms with Gasteiger partial charge in [-0.1, -0.05) is 0 Å². The molecule has 0 aromatic heterocycles. The van der Waals surface area contributed by atoms with Crippen LogP contribution in [0.4, 0.5) is 0 Å². The van der Waals surface area contributed by atoms with Crippen LogP contribution < -0.4 is 0 Å². The van der Waals surface area contributed by atoms with Crippen molar-refractivity contribution in [1.29, 1.82) is 0 Å². The Labute approximate surface area is 49.6 Å². The van der Waals surface area contributed by atoms with Crippen molar-refractivity contribution in [2.75, 3.05) is 20.7 Å². The van der Waals surface area contributed by atoms with E-state index < -0.39 is 0 Å². The van der Waals surface area contributed by atoms with Gasteiger partial charge in [0.05, 0.1) is 12.3 Å². The first-order valence-electron chi connectivity index (χ1n) is 2.49. The van der Waals surface area contributed by atoms with Crippen molar-refractivity contribution >= 4 is 5.71 Å². The number of aliphatic hydroxyl groups is 1. The van der Waals surface area contributed by atoms with Crippen LogP contribution in [0.3, 0.4) is 0 Å². The van der Waals surface area contributed by atoms with Gasteiger partial charge in [-0.3, -0.25) is 0 Å². The van der Waals surface area contributed by atoms with Crippen LogP contribution in [0.2, 0.25) is 0 Å². The van der Waals surface area contributed by atoms with Crippen LogP contribution in [-0.2, 0) is 0 Å².